The van der Waals surface area contributed by atoms with E-state index in [0.717, 1.165) is 10.5 Å². The molecule has 1 atom stereocenters. The van der Waals surface area contributed by atoms with E-state index in [-0.39, 0.29) is 6.54 Å². The number of imide groups is 1. The highest BCUT2D eigenvalue weighted by molar-refractivity contribution is 7.10. The quantitative estimate of drug-likeness (QED) is 0.768. The normalized spacial score (nSPS) is 16.1. The molecule has 2 heterocycles. The van der Waals surface area contributed by atoms with Crippen molar-refractivity contribution >= 4 is 29.4 Å². The van der Waals surface area contributed by atoms with E-state index < -0.39 is 24.1 Å². The van der Waals surface area contributed by atoms with E-state index in [9.17, 15) is 14.4 Å². The number of nitrogens with one attached hydrogen (secondary N) is 2. The molecule has 1 aliphatic rings. The fourth-order valence-corrected chi connectivity index (χ4v) is 2.67. The maximum absolute atomic E-state index is 11.8. The summed E-state index contributed by atoms with van der Waals surface area (Å²) in [7, 11) is 0. The molecular formula is C11H13N3O4S. The van der Waals surface area contributed by atoms with Crippen LogP contribution in [0.25, 0.3) is 0 Å². The van der Waals surface area contributed by atoms with Crippen LogP contribution in [-0.2, 0) is 4.79 Å². The summed E-state index contributed by atoms with van der Waals surface area (Å²) in [4.78, 5) is 35.9. The second kappa shape index (κ2) is 5.27. The topological polar surface area (TPSA) is 98.7 Å². The van der Waals surface area contributed by atoms with Crippen molar-refractivity contribution in [2.75, 3.05) is 13.1 Å². The fourth-order valence-electron chi connectivity index (χ4n) is 1.73. The summed E-state index contributed by atoms with van der Waals surface area (Å²) in [6.07, 6.45) is 0. The molecule has 1 unspecified atom stereocenters. The molecular weight excluding hydrogens is 270 g/mol. The lowest BCUT2D eigenvalue weighted by atomic mass is 10.2. The van der Waals surface area contributed by atoms with Gasteiger partial charge in [-0.2, -0.15) is 0 Å². The molecule has 0 bridgehead atoms. The third kappa shape index (κ3) is 2.84. The maximum Gasteiger partial charge on any atom is 0.331 e. The molecule has 0 aliphatic carbocycles. The Hall–Kier alpha value is -2.09. The minimum atomic E-state index is -1.16. The molecule has 102 valence electrons. The summed E-state index contributed by atoms with van der Waals surface area (Å²) in [5, 5.41) is 15.8. The molecule has 7 nitrogen and oxygen atoms in total. The van der Waals surface area contributed by atoms with E-state index in [4.69, 9.17) is 5.11 Å². The first-order valence-electron chi connectivity index (χ1n) is 5.62. The number of aryl methyl sites for hydroxylation is 1. The minimum Gasteiger partial charge on any atom is -0.479 e. The number of carboxylic acids is 1. The van der Waals surface area contributed by atoms with Gasteiger partial charge in [-0.25, -0.2) is 19.3 Å². The summed E-state index contributed by atoms with van der Waals surface area (Å²) < 4.78 is 0. The Balaban J connectivity index is 2.11. The first-order valence-corrected chi connectivity index (χ1v) is 6.50. The third-order valence-electron chi connectivity index (χ3n) is 2.65. The van der Waals surface area contributed by atoms with Crippen LogP contribution in [-0.4, -0.2) is 41.1 Å². The van der Waals surface area contributed by atoms with Crippen molar-refractivity contribution in [1.82, 2.24) is 15.5 Å². The van der Waals surface area contributed by atoms with Crippen LogP contribution in [0.2, 0.25) is 0 Å². The van der Waals surface area contributed by atoms with E-state index in [2.05, 4.69) is 10.6 Å². The minimum absolute atomic E-state index is 0.237. The van der Waals surface area contributed by atoms with Crippen molar-refractivity contribution < 1.29 is 19.5 Å². The average molecular weight is 283 g/mol. The number of nitrogens with zero attached hydrogens (tertiary/aromatic N) is 1. The van der Waals surface area contributed by atoms with Crippen LogP contribution >= 0.6 is 11.3 Å². The third-order valence-corrected chi connectivity index (χ3v) is 3.77. The molecule has 19 heavy (non-hydrogen) atoms. The van der Waals surface area contributed by atoms with Crippen LogP contribution < -0.4 is 10.6 Å². The van der Waals surface area contributed by atoms with Gasteiger partial charge in [-0.15, -0.1) is 11.3 Å². The number of hydrogen-bond donors (Lipinski definition) is 3. The fraction of sp³-hybridized carbons (Fsp3) is 0.364. The van der Waals surface area contributed by atoms with Crippen molar-refractivity contribution in [3.8, 4) is 0 Å². The molecule has 1 aromatic rings. The molecule has 0 aromatic carbocycles. The number of amides is 4. The number of aliphatic carboxylic acids is 1. The molecule has 0 spiro atoms. The predicted molar refractivity (Wildman–Crippen MR) is 68.1 cm³/mol. The average Bonchev–Trinajstić information content (AvgIpc) is 2.94. The number of hydrogen-bond acceptors (Lipinski definition) is 4. The Morgan fingerprint density at radius 3 is 2.79 bits per heavy atom. The molecule has 1 saturated heterocycles. The zero-order valence-electron chi connectivity index (χ0n) is 10.2. The highest BCUT2D eigenvalue weighted by atomic mass is 32.1. The van der Waals surface area contributed by atoms with Gasteiger partial charge < -0.3 is 15.7 Å². The smallest absolute Gasteiger partial charge is 0.331 e. The Morgan fingerprint density at radius 1 is 1.58 bits per heavy atom. The summed E-state index contributed by atoms with van der Waals surface area (Å²) in [6.45, 7) is 2.46. The van der Waals surface area contributed by atoms with Gasteiger partial charge in [0.15, 0.2) is 6.04 Å². The lowest BCUT2D eigenvalue weighted by Gasteiger charge is -2.17. The number of urea groups is 2. The number of carbonyl (C=O) groups excluding carboxylic acids is 2. The molecule has 1 aliphatic heterocycles. The molecule has 4 amide bonds. The van der Waals surface area contributed by atoms with Gasteiger partial charge in [-0.1, -0.05) is 0 Å². The van der Waals surface area contributed by atoms with Gasteiger partial charge in [0.25, 0.3) is 0 Å². The Labute approximate surface area is 113 Å². The molecule has 0 radical (unpaired) electrons. The summed E-state index contributed by atoms with van der Waals surface area (Å²) in [6, 6.07) is -0.648. The Kier molecular flexibility index (Phi) is 3.70. The van der Waals surface area contributed by atoms with Gasteiger partial charge in [-0.05, 0) is 23.9 Å². The lowest BCUT2D eigenvalue weighted by molar-refractivity contribution is -0.139. The standard InChI is InChI=1S/C11H13N3O4S/c1-6-4-7(19-5-6)8(9(15)16)13-11(18)14-3-2-12-10(14)17/h4-5,8H,2-3H2,1H3,(H,12,17)(H,13,18)(H,15,16). The zero-order chi connectivity index (χ0) is 14.0. The van der Waals surface area contributed by atoms with Crippen molar-refractivity contribution in [3.63, 3.8) is 0 Å². The van der Waals surface area contributed by atoms with Crippen LogP contribution in [0.5, 0.6) is 0 Å². The van der Waals surface area contributed by atoms with Gasteiger partial charge >= 0.3 is 18.0 Å². The summed E-state index contributed by atoms with van der Waals surface area (Å²) in [5.41, 5.74) is 0.930. The van der Waals surface area contributed by atoms with Crippen LogP contribution in [0.4, 0.5) is 9.59 Å². The van der Waals surface area contributed by atoms with Crippen LogP contribution in [0.1, 0.15) is 16.5 Å². The molecule has 0 saturated carbocycles. The highest BCUT2D eigenvalue weighted by Crippen LogP contribution is 2.22. The molecule has 2 rings (SSSR count). The molecule has 8 heteroatoms. The van der Waals surface area contributed by atoms with Crippen molar-refractivity contribution in [1.29, 1.82) is 0 Å². The van der Waals surface area contributed by atoms with E-state index >= 15 is 0 Å². The first kappa shape index (κ1) is 13.3. The summed E-state index contributed by atoms with van der Waals surface area (Å²) in [5.74, 6) is -1.16. The lowest BCUT2D eigenvalue weighted by Crippen LogP contribution is -2.45. The van der Waals surface area contributed by atoms with Gasteiger partial charge in [-0.3, -0.25) is 0 Å². The van der Waals surface area contributed by atoms with E-state index in [1.54, 1.807) is 11.4 Å². The summed E-state index contributed by atoms with van der Waals surface area (Å²) >= 11 is 1.26. The second-order valence-corrected chi connectivity index (χ2v) is 5.07. The number of carboxylic acid groups (broad SMARTS) is 1. The van der Waals surface area contributed by atoms with Crippen molar-refractivity contribution in [2.24, 2.45) is 0 Å². The maximum atomic E-state index is 11.8. The predicted octanol–water partition coefficient (Wildman–Crippen LogP) is 0.917. The van der Waals surface area contributed by atoms with Crippen LogP contribution in [0.15, 0.2) is 11.4 Å². The van der Waals surface area contributed by atoms with E-state index in [1.807, 2.05) is 6.92 Å². The van der Waals surface area contributed by atoms with Gasteiger partial charge in [0.2, 0.25) is 0 Å². The van der Waals surface area contributed by atoms with Crippen molar-refractivity contribution in [3.05, 3.63) is 21.9 Å². The monoisotopic (exact) mass is 283 g/mol. The van der Waals surface area contributed by atoms with Crippen LogP contribution in [0.3, 0.4) is 0 Å². The van der Waals surface area contributed by atoms with Crippen LogP contribution in [0, 0.1) is 6.92 Å². The van der Waals surface area contributed by atoms with E-state index in [1.165, 1.54) is 11.3 Å². The number of thiophene rings is 1. The largest absolute Gasteiger partial charge is 0.479 e. The zero-order valence-corrected chi connectivity index (χ0v) is 11.0. The first-order chi connectivity index (χ1) is 8.99. The highest BCUT2D eigenvalue weighted by Gasteiger charge is 2.31. The van der Waals surface area contributed by atoms with Crippen molar-refractivity contribution in [2.45, 2.75) is 13.0 Å². The number of rotatable bonds is 3. The molecule has 3 N–H and O–H groups in total. The number of carbonyl (C=O) groups is 3. The SMILES string of the molecule is Cc1csc(C(NC(=O)N2CCNC2=O)C(=O)O)c1. The molecule has 1 fully saturated rings. The van der Waals surface area contributed by atoms with E-state index in [0.29, 0.717) is 11.4 Å². The molecule has 1 aromatic heterocycles. The second-order valence-electron chi connectivity index (χ2n) is 4.13. The van der Waals surface area contributed by atoms with Gasteiger partial charge in [0.05, 0.1) is 0 Å². The van der Waals surface area contributed by atoms with Gasteiger partial charge in [0, 0.05) is 18.0 Å². The Bertz CT molecular complexity index is 528. The van der Waals surface area contributed by atoms with Gasteiger partial charge in [0.1, 0.15) is 0 Å². The Morgan fingerprint density at radius 2 is 2.32 bits per heavy atom.